The van der Waals surface area contributed by atoms with E-state index < -0.39 is 98.0 Å². The molecular formula is C34H47N5O12. The third-order valence-corrected chi connectivity index (χ3v) is 8.29. The molecule has 17 heteroatoms. The van der Waals surface area contributed by atoms with E-state index in [4.69, 9.17) is 5.11 Å². The Morgan fingerprint density at radius 3 is 2.10 bits per heavy atom. The summed E-state index contributed by atoms with van der Waals surface area (Å²) in [5.41, 5.74) is 1.27. The zero-order valence-electron chi connectivity index (χ0n) is 28.3. The van der Waals surface area contributed by atoms with E-state index in [9.17, 15) is 54.6 Å². The second kappa shape index (κ2) is 19.1. The minimum Gasteiger partial charge on any atom is -0.508 e. The third kappa shape index (κ3) is 12.0. The molecule has 0 spiro atoms. The fourth-order valence-corrected chi connectivity index (χ4v) is 5.56. The number of aromatic hydroxyl groups is 1. The number of nitrogens with one attached hydrogen (secondary N) is 4. The first-order valence-electron chi connectivity index (χ1n) is 16.4. The van der Waals surface area contributed by atoms with Gasteiger partial charge in [0.1, 0.15) is 55.0 Å². The summed E-state index contributed by atoms with van der Waals surface area (Å²) < 4.78 is 0. The summed E-state index contributed by atoms with van der Waals surface area (Å²) in [6, 6.07) is 11.1. The van der Waals surface area contributed by atoms with Crippen molar-refractivity contribution in [3.63, 3.8) is 0 Å². The molecule has 51 heavy (non-hydrogen) atoms. The van der Waals surface area contributed by atoms with Crippen LogP contribution in [-0.4, -0.2) is 139 Å². The van der Waals surface area contributed by atoms with Crippen molar-refractivity contribution in [2.45, 2.75) is 81.8 Å². The minimum absolute atomic E-state index is 0.00940. The quantitative estimate of drug-likeness (QED) is 0.0691. The lowest BCUT2D eigenvalue weighted by atomic mass is 10.0. The highest BCUT2D eigenvalue weighted by Crippen LogP contribution is 2.21. The second-order valence-electron chi connectivity index (χ2n) is 12.8. The van der Waals surface area contributed by atoms with Crippen LogP contribution in [0.1, 0.15) is 31.4 Å². The van der Waals surface area contributed by atoms with Gasteiger partial charge in [-0.15, -0.1) is 0 Å². The van der Waals surface area contributed by atoms with Gasteiger partial charge in [-0.1, -0.05) is 56.3 Å². The van der Waals surface area contributed by atoms with Crippen molar-refractivity contribution in [2.75, 3.05) is 19.7 Å². The van der Waals surface area contributed by atoms with Crippen molar-refractivity contribution >= 4 is 29.6 Å². The van der Waals surface area contributed by atoms with Crippen LogP contribution in [-0.2, 0) is 36.8 Å². The first kappa shape index (κ1) is 40.8. The van der Waals surface area contributed by atoms with Crippen molar-refractivity contribution in [2.24, 2.45) is 5.92 Å². The first-order valence-corrected chi connectivity index (χ1v) is 16.4. The summed E-state index contributed by atoms with van der Waals surface area (Å²) in [4.78, 5) is 65.4. The molecule has 0 aromatic heterocycles. The van der Waals surface area contributed by atoms with Gasteiger partial charge in [0.2, 0.25) is 23.6 Å². The summed E-state index contributed by atoms with van der Waals surface area (Å²) in [5, 5.41) is 79.9. The van der Waals surface area contributed by atoms with Crippen LogP contribution in [0.15, 0.2) is 54.6 Å². The maximum absolute atomic E-state index is 13.5. The maximum atomic E-state index is 13.5. The monoisotopic (exact) mass is 717 g/mol. The number of aliphatic carboxylic acids is 1. The highest BCUT2D eigenvalue weighted by atomic mass is 16.4. The molecular weight excluding hydrogens is 670 g/mol. The van der Waals surface area contributed by atoms with E-state index >= 15 is 0 Å². The van der Waals surface area contributed by atoms with Gasteiger partial charge in [-0.25, -0.2) is 4.79 Å². The number of carboxylic acid groups (broad SMARTS) is 1. The molecule has 4 amide bonds. The van der Waals surface area contributed by atoms with Gasteiger partial charge < -0.3 is 56.6 Å². The lowest BCUT2D eigenvalue weighted by molar-refractivity contribution is -0.146. The molecule has 1 heterocycles. The predicted molar refractivity (Wildman–Crippen MR) is 179 cm³/mol. The van der Waals surface area contributed by atoms with E-state index in [2.05, 4.69) is 21.3 Å². The fraction of sp³-hybridized carbons (Fsp3) is 0.500. The van der Waals surface area contributed by atoms with E-state index in [0.717, 1.165) is 4.90 Å². The van der Waals surface area contributed by atoms with E-state index in [1.165, 1.54) is 12.1 Å². The molecule has 8 atom stereocenters. The topological polar surface area (TPSA) is 278 Å². The average Bonchev–Trinajstić information content (AvgIpc) is 3.39. The van der Waals surface area contributed by atoms with Gasteiger partial charge in [-0.05, 0) is 42.0 Å². The molecule has 1 aliphatic heterocycles. The van der Waals surface area contributed by atoms with E-state index in [1.807, 2.05) is 0 Å². The molecule has 1 unspecified atom stereocenters. The number of aliphatic hydroxyl groups is 5. The molecule has 2 aromatic rings. The Kier molecular flexibility index (Phi) is 15.3. The normalized spacial score (nSPS) is 19.5. The smallest absolute Gasteiger partial charge is 0.326 e. The summed E-state index contributed by atoms with van der Waals surface area (Å²) in [6.07, 6.45) is -9.16. The zero-order chi connectivity index (χ0) is 37.8. The predicted octanol–water partition coefficient (Wildman–Crippen LogP) is -3.04. The number of benzene rings is 2. The number of nitrogens with zero attached hydrogens (tertiary/aromatic N) is 1. The molecule has 0 bridgehead atoms. The van der Waals surface area contributed by atoms with Gasteiger partial charge in [0.15, 0.2) is 0 Å². The number of rotatable bonds is 19. The summed E-state index contributed by atoms with van der Waals surface area (Å²) in [5.74, 6) is -4.41. The van der Waals surface area contributed by atoms with Crippen molar-refractivity contribution in [3.05, 3.63) is 65.7 Å². The Bertz CT molecular complexity index is 1480. The van der Waals surface area contributed by atoms with Crippen LogP contribution in [0.25, 0.3) is 0 Å². The number of carboxylic acids is 1. The van der Waals surface area contributed by atoms with Crippen LogP contribution < -0.4 is 21.3 Å². The first-order chi connectivity index (χ1) is 24.1. The van der Waals surface area contributed by atoms with Crippen molar-refractivity contribution in [1.29, 1.82) is 0 Å². The summed E-state index contributed by atoms with van der Waals surface area (Å²) >= 11 is 0. The van der Waals surface area contributed by atoms with Crippen molar-refractivity contribution < 1.29 is 59.7 Å². The highest BCUT2D eigenvalue weighted by molar-refractivity contribution is 5.93. The fourth-order valence-electron chi connectivity index (χ4n) is 5.56. The molecule has 0 saturated carbocycles. The maximum Gasteiger partial charge on any atom is 0.326 e. The Hall–Kier alpha value is -4.65. The lowest BCUT2D eigenvalue weighted by Gasteiger charge is -2.33. The standard InChI is InChI=1S/C34H47N5O12/c1-18(2)12-24(34(50)51)38-32(48)22(13-19-6-4-3-5-7-19)36-26(43)15-35-27(44)16-39-31(30(47)29(46)28(45)25(42)17-40)37-23(33(39)49)14-20-8-10-21(41)11-9-20/h3-11,18,22-25,28-31,37,40-42,45-47H,12-17H2,1-2H3,(H,35,44)(H,36,43)(H,38,48)(H,50,51)/t22-,23-,24-,25+,28+,29-,30-,31?/m0/s1. The molecule has 11 N–H and O–H groups in total. The van der Waals surface area contributed by atoms with Crippen LogP contribution in [0.3, 0.4) is 0 Å². The molecule has 280 valence electrons. The molecule has 2 aromatic carbocycles. The van der Waals surface area contributed by atoms with Crippen LogP contribution in [0.4, 0.5) is 0 Å². The lowest BCUT2D eigenvalue weighted by Crippen LogP contribution is -2.58. The Balaban J connectivity index is 1.71. The molecule has 0 aliphatic carbocycles. The third-order valence-electron chi connectivity index (χ3n) is 8.29. The number of amides is 4. The van der Waals surface area contributed by atoms with Crippen LogP contribution in [0, 0.1) is 5.92 Å². The van der Waals surface area contributed by atoms with Crippen molar-refractivity contribution in [1.82, 2.24) is 26.2 Å². The molecule has 3 rings (SSSR count). The SMILES string of the molecule is CC(C)C[C@H](NC(=O)[C@H](Cc1ccccc1)NC(=O)CNC(=O)CN1C(=O)[C@H](Cc2ccc(O)cc2)NC1[C@@H](O)[C@@H](O)[C@H](O)[C@H](O)CO)C(=O)O. The molecule has 1 fully saturated rings. The van der Waals surface area contributed by atoms with E-state index in [1.54, 1.807) is 56.3 Å². The van der Waals surface area contributed by atoms with Crippen LogP contribution in [0.2, 0.25) is 0 Å². The molecule has 0 radical (unpaired) electrons. The summed E-state index contributed by atoms with van der Waals surface area (Å²) in [6.45, 7) is 1.26. The minimum atomic E-state index is -2.07. The molecule has 1 aliphatic rings. The number of phenols is 1. The van der Waals surface area contributed by atoms with Gasteiger partial charge in [0, 0.05) is 6.42 Å². The van der Waals surface area contributed by atoms with Gasteiger partial charge >= 0.3 is 5.97 Å². The van der Waals surface area contributed by atoms with Crippen molar-refractivity contribution in [3.8, 4) is 5.75 Å². The number of phenolic OH excluding ortho intramolecular Hbond substituents is 1. The molecule has 17 nitrogen and oxygen atoms in total. The Labute approximate surface area is 294 Å². The average molecular weight is 718 g/mol. The van der Waals surface area contributed by atoms with Gasteiger partial charge in [-0.2, -0.15) is 0 Å². The Morgan fingerprint density at radius 2 is 1.51 bits per heavy atom. The van der Waals surface area contributed by atoms with E-state index in [0.29, 0.717) is 11.1 Å². The number of hydrogen-bond donors (Lipinski definition) is 11. The second-order valence-corrected chi connectivity index (χ2v) is 12.8. The Morgan fingerprint density at radius 1 is 0.863 bits per heavy atom. The van der Waals surface area contributed by atoms with Gasteiger partial charge in [0.05, 0.1) is 19.2 Å². The van der Waals surface area contributed by atoms with Gasteiger partial charge in [0.25, 0.3) is 0 Å². The number of carbonyl (C=O) groups is 5. The summed E-state index contributed by atoms with van der Waals surface area (Å²) in [7, 11) is 0. The van der Waals surface area contributed by atoms with Crippen LogP contribution >= 0.6 is 0 Å². The van der Waals surface area contributed by atoms with Gasteiger partial charge in [-0.3, -0.25) is 24.5 Å². The molecule has 1 saturated heterocycles. The number of aliphatic hydroxyl groups excluding tert-OH is 5. The van der Waals surface area contributed by atoms with E-state index in [-0.39, 0.29) is 30.9 Å². The van der Waals surface area contributed by atoms with Crippen LogP contribution in [0.5, 0.6) is 5.75 Å². The largest absolute Gasteiger partial charge is 0.508 e. The zero-order valence-corrected chi connectivity index (χ0v) is 28.3. The number of hydrogen-bond acceptors (Lipinski definition) is 12. The highest BCUT2D eigenvalue weighted by Gasteiger charge is 2.47. The number of carbonyl (C=O) groups excluding carboxylic acids is 4.